The number of nitrogens with one attached hydrogen (secondary N) is 1. The van der Waals surface area contributed by atoms with Crippen molar-refractivity contribution in [3.63, 3.8) is 0 Å². The first-order valence-electron chi connectivity index (χ1n) is 4.58. The van der Waals surface area contributed by atoms with E-state index in [9.17, 15) is 13.2 Å². The van der Waals surface area contributed by atoms with E-state index in [1.54, 1.807) is 7.05 Å². The Kier molecular flexibility index (Phi) is 2.55. The standard InChI is InChI=1S/C9H9F3N4/c1-13-5-7-14-8-4-6(9(10,11)12)2-3-16(8)15-7/h2-4,13H,5H2,1H3. The summed E-state index contributed by atoms with van der Waals surface area (Å²) in [6, 6.07) is 1.96. The lowest BCUT2D eigenvalue weighted by atomic mass is 10.2. The van der Waals surface area contributed by atoms with E-state index in [2.05, 4.69) is 15.4 Å². The highest BCUT2D eigenvalue weighted by Crippen LogP contribution is 2.29. The second kappa shape index (κ2) is 3.75. The molecule has 0 unspecified atom stereocenters. The summed E-state index contributed by atoms with van der Waals surface area (Å²) in [6.07, 6.45) is -3.10. The summed E-state index contributed by atoms with van der Waals surface area (Å²) in [4.78, 5) is 3.97. The molecule has 0 aromatic carbocycles. The van der Waals surface area contributed by atoms with E-state index < -0.39 is 11.7 Å². The minimum absolute atomic E-state index is 0.195. The molecule has 1 N–H and O–H groups in total. The smallest absolute Gasteiger partial charge is 0.313 e. The molecule has 0 amide bonds. The molecule has 0 saturated carbocycles. The number of hydrogen-bond acceptors (Lipinski definition) is 3. The van der Waals surface area contributed by atoms with Crippen LogP contribution in [0.15, 0.2) is 18.3 Å². The van der Waals surface area contributed by atoms with Crippen molar-refractivity contribution < 1.29 is 13.2 Å². The molecule has 0 fully saturated rings. The summed E-state index contributed by atoms with van der Waals surface area (Å²) in [7, 11) is 1.72. The predicted octanol–water partition coefficient (Wildman–Crippen LogP) is 1.47. The molecule has 2 rings (SSSR count). The molecule has 0 aliphatic rings. The third-order valence-corrected chi connectivity index (χ3v) is 2.04. The average molecular weight is 230 g/mol. The van der Waals surface area contributed by atoms with Crippen LogP contribution in [0, 0.1) is 0 Å². The van der Waals surface area contributed by atoms with Crippen molar-refractivity contribution in [2.75, 3.05) is 7.05 Å². The SMILES string of the molecule is CNCc1nc2cc(C(F)(F)F)ccn2n1. The van der Waals surface area contributed by atoms with Gasteiger partial charge in [0.1, 0.15) is 0 Å². The topological polar surface area (TPSA) is 42.2 Å². The summed E-state index contributed by atoms with van der Waals surface area (Å²) in [5.74, 6) is 0.460. The van der Waals surface area contributed by atoms with Crippen LogP contribution in [0.1, 0.15) is 11.4 Å². The Morgan fingerprint density at radius 2 is 2.19 bits per heavy atom. The highest BCUT2D eigenvalue weighted by Gasteiger charge is 2.30. The van der Waals surface area contributed by atoms with Crippen molar-refractivity contribution in [3.05, 3.63) is 29.7 Å². The fourth-order valence-corrected chi connectivity index (χ4v) is 1.34. The maximum Gasteiger partial charge on any atom is 0.416 e. The van der Waals surface area contributed by atoms with Crippen LogP contribution in [-0.2, 0) is 12.7 Å². The molecule has 4 nitrogen and oxygen atoms in total. The lowest BCUT2D eigenvalue weighted by Gasteiger charge is -2.05. The molecule has 2 heterocycles. The summed E-state index contributed by atoms with van der Waals surface area (Å²) < 4.78 is 38.5. The van der Waals surface area contributed by atoms with Crippen molar-refractivity contribution in [1.29, 1.82) is 0 Å². The highest BCUT2D eigenvalue weighted by atomic mass is 19.4. The number of aromatic nitrogens is 3. The number of pyridine rings is 1. The van der Waals surface area contributed by atoms with Crippen LogP contribution in [-0.4, -0.2) is 21.6 Å². The zero-order valence-corrected chi connectivity index (χ0v) is 8.41. The average Bonchev–Trinajstić information content (AvgIpc) is 2.57. The van der Waals surface area contributed by atoms with Gasteiger partial charge in [0.05, 0.1) is 12.1 Å². The van der Waals surface area contributed by atoms with Crippen molar-refractivity contribution >= 4 is 5.65 Å². The van der Waals surface area contributed by atoms with Gasteiger partial charge in [0.15, 0.2) is 11.5 Å². The first kappa shape index (κ1) is 10.9. The van der Waals surface area contributed by atoms with Crippen LogP contribution < -0.4 is 5.32 Å². The van der Waals surface area contributed by atoms with Crippen LogP contribution in [0.3, 0.4) is 0 Å². The lowest BCUT2D eigenvalue weighted by Crippen LogP contribution is -2.06. The van der Waals surface area contributed by atoms with Crippen LogP contribution in [0.5, 0.6) is 0 Å². The largest absolute Gasteiger partial charge is 0.416 e. The molecule has 16 heavy (non-hydrogen) atoms. The second-order valence-corrected chi connectivity index (χ2v) is 3.27. The Morgan fingerprint density at radius 1 is 1.44 bits per heavy atom. The summed E-state index contributed by atoms with van der Waals surface area (Å²) in [5.41, 5.74) is -0.525. The Hall–Kier alpha value is -1.63. The summed E-state index contributed by atoms with van der Waals surface area (Å²) in [6.45, 7) is 0.420. The highest BCUT2D eigenvalue weighted by molar-refractivity contribution is 5.41. The molecule has 0 radical (unpaired) electrons. The summed E-state index contributed by atoms with van der Waals surface area (Å²) in [5, 5.41) is 6.83. The first-order valence-corrected chi connectivity index (χ1v) is 4.58. The van der Waals surface area contributed by atoms with Gasteiger partial charge in [-0.2, -0.15) is 13.2 Å². The van der Waals surface area contributed by atoms with Gasteiger partial charge in [-0.15, -0.1) is 5.10 Å². The van der Waals surface area contributed by atoms with E-state index >= 15 is 0 Å². The van der Waals surface area contributed by atoms with Gasteiger partial charge in [0.25, 0.3) is 0 Å². The zero-order valence-electron chi connectivity index (χ0n) is 8.41. The van der Waals surface area contributed by atoms with Gasteiger partial charge in [-0.05, 0) is 19.2 Å². The minimum atomic E-state index is -4.35. The monoisotopic (exact) mass is 230 g/mol. The van der Waals surface area contributed by atoms with Crippen LogP contribution >= 0.6 is 0 Å². The maximum atomic E-state index is 12.4. The number of fused-ring (bicyclic) bond motifs is 1. The summed E-state index contributed by atoms with van der Waals surface area (Å²) >= 11 is 0. The third-order valence-electron chi connectivity index (χ3n) is 2.04. The van der Waals surface area contributed by atoms with Crippen LogP contribution in [0.25, 0.3) is 5.65 Å². The Balaban J connectivity index is 2.46. The molecular formula is C9H9F3N4. The van der Waals surface area contributed by atoms with E-state index in [-0.39, 0.29) is 5.65 Å². The molecule has 0 aliphatic heterocycles. The lowest BCUT2D eigenvalue weighted by molar-refractivity contribution is -0.137. The molecule has 0 atom stereocenters. The Bertz CT molecular complexity index is 503. The van der Waals surface area contributed by atoms with Gasteiger partial charge < -0.3 is 5.32 Å². The molecule has 2 aromatic rings. The Morgan fingerprint density at radius 3 is 2.81 bits per heavy atom. The van der Waals surface area contributed by atoms with E-state index in [0.29, 0.717) is 12.4 Å². The van der Waals surface area contributed by atoms with Gasteiger partial charge in [0, 0.05) is 6.20 Å². The van der Waals surface area contributed by atoms with Gasteiger partial charge >= 0.3 is 6.18 Å². The number of alkyl halides is 3. The maximum absolute atomic E-state index is 12.4. The molecule has 0 bridgehead atoms. The predicted molar refractivity (Wildman–Crippen MR) is 50.8 cm³/mol. The molecule has 0 aliphatic carbocycles. The quantitative estimate of drug-likeness (QED) is 0.849. The van der Waals surface area contributed by atoms with Crippen LogP contribution in [0.2, 0.25) is 0 Å². The fraction of sp³-hybridized carbons (Fsp3) is 0.333. The second-order valence-electron chi connectivity index (χ2n) is 3.27. The minimum Gasteiger partial charge on any atom is -0.313 e. The number of nitrogens with zero attached hydrogens (tertiary/aromatic N) is 3. The van der Waals surface area contributed by atoms with E-state index in [1.165, 1.54) is 10.7 Å². The molecule has 0 saturated heterocycles. The van der Waals surface area contributed by atoms with Gasteiger partial charge in [-0.25, -0.2) is 9.50 Å². The normalized spacial score (nSPS) is 12.2. The molecule has 7 heteroatoms. The molecule has 0 spiro atoms. The zero-order chi connectivity index (χ0) is 11.8. The van der Waals surface area contributed by atoms with Crippen molar-refractivity contribution in [2.45, 2.75) is 12.7 Å². The number of halogens is 3. The Labute approximate surface area is 89.1 Å². The van der Waals surface area contributed by atoms with Crippen molar-refractivity contribution in [3.8, 4) is 0 Å². The number of rotatable bonds is 2. The van der Waals surface area contributed by atoms with Crippen molar-refractivity contribution in [2.24, 2.45) is 0 Å². The van der Waals surface area contributed by atoms with Gasteiger partial charge in [-0.1, -0.05) is 0 Å². The van der Waals surface area contributed by atoms with E-state index in [1.807, 2.05) is 0 Å². The first-order chi connectivity index (χ1) is 7.50. The van der Waals surface area contributed by atoms with E-state index in [0.717, 1.165) is 12.1 Å². The molecule has 86 valence electrons. The van der Waals surface area contributed by atoms with Gasteiger partial charge in [-0.3, -0.25) is 0 Å². The number of hydrogen-bond donors (Lipinski definition) is 1. The van der Waals surface area contributed by atoms with Gasteiger partial charge in [0.2, 0.25) is 0 Å². The third kappa shape index (κ3) is 1.99. The van der Waals surface area contributed by atoms with Crippen molar-refractivity contribution in [1.82, 2.24) is 19.9 Å². The molecule has 2 aromatic heterocycles. The van der Waals surface area contributed by atoms with E-state index in [4.69, 9.17) is 0 Å². The fourth-order valence-electron chi connectivity index (χ4n) is 1.34. The van der Waals surface area contributed by atoms with Crippen LogP contribution in [0.4, 0.5) is 13.2 Å². The molecular weight excluding hydrogens is 221 g/mol.